The van der Waals surface area contributed by atoms with Crippen LogP contribution in [-0.2, 0) is 32.2 Å². The molecule has 0 saturated heterocycles. The van der Waals surface area contributed by atoms with Crippen molar-refractivity contribution in [1.82, 2.24) is 10.6 Å². The molecule has 0 aromatic heterocycles. The molecular weight excluding hydrogens is 364 g/mol. The number of carbonyl (C=O) groups excluding carboxylic acids is 2. The maximum Gasteiger partial charge on any atom is 0.246 e. The molecule has 27 heavy (non-hydrogen) atoms. The van der Waals surface area contributed by atoms with Gasteiger partial charge in [-0.05, 0) is 30.2 Å². The number of hydrogen-bond acceptors (Lipinski definition) is 5. The molecule has 0 aliphatic rings. The van der Waals surface area contributed by atoms with Crippen molar-refractivity contribution in [2.75, 3.05) is 25.5 Å². The van der Waals surface area contributed by atoms with Crippen LogP contribution in [0.15, 0.2) is 24.3 Å². The van der Waals surface area contributed by atoms with Crippen LogP contribution in [0.1, 0.15) is 38.8 Å². The quantitative estimate of drug-likeness (QED) is 0.501. The maximum absolute atomic E-state index is 11.7. The molecular formula is C20H32N2O4S. The van der Waals surface area contributed by atoms with Crippen LogP contribution in [0.3, 0.4) is 0 Å². The monoisotopic (exact) mass is 396 g/mol. The van der Waals surface area contributed by atoms with Gasteiger partial charge in [0.1, 0.15) is 13.2 Å². The number of ether oxygens (including phenoxy) is 2. The third-order valence-electron chi connectivity index (χ3n) is 3.44. The summed E-state index contributed by atoms with van der Waals surface area (Å²) >= 11 is 1.82. The first-order chi connectivity index (χ1) is 12.9. The van der Waals surface area contributed by atoms with Crippen molar-refractivity contribution in [2.24, 2.45) is 0 Å². The van der Waals surface area contributed by atoms with Gasteiger partial charge in [0.2, 0.25) is 11.8 Å². The second-order valence-corrected chi connectivity index (χ2v) is 8.40. The maximum atomic E-state index is 11.7. The molecule has 0 bridgehead atoms. The second kappa shape index (κ2) is 13.6. The molecule has 152 valence electrons. The topological polar surface area (TPSA) is 76.7 Å². The first kappa shape index (κ1) is 23.5. The third-order valence-corrected chi connectivity index (χ3v) is 4.54. The van der Waals surface area contributed by atoms with Gasteiger partial charge in [0.05, 0.1) is 12.7 Å². The van der Waals surface area contributed by atoms with E-state index in [4.69, 9.17) is 9.47 Å². The first-order valence-corrected chi connectivity index (χ1v) is 10.3. The van der Waals surface area contributed by atoms with Crippen molar-refractivity contribution in [3.05, 3.63) is 35.4 Å². The molecule has 2 N–H and O–H groups in total. The highest BCUT2D eigenvalue weighted by molar-refractivity contribution is 7.99. The average Bonchev–Trinajstić information content (AvgIpc) is 2.62. The highest BCUT2D eigenvalue weighted by Gasteiger charge is 2.04. The van der Waals surface area contributed by atoms with Crippen LogP contribution in [0.2, 0.25) is 0 Å². The van der Waals surface area contributed by atoms with E-state index in [0.29, 0.717) is 24.9 Å². The summed E-state index contributed by atoms with van der Waals surface area (Å²) in [4.78, 5) is 23.3. The minimum Gasteiger partial charge on any atom is -0.369 e. The Bertz CT molecular complexity index is 562. The summed E-state index contributed by atoms with van der Waals surface area (Å²) < 4.78 is 10.7. The zero-order valence-electron chi connectivity index (χ0n) is 16.7. The summed E-state index contributed by atoms with van der Waals surface area (Å²) in [6.45, 7) is 9.68. The fraction of sp³-hybridized carbons (Fsp3) is 0.600. The Balaban J connectivity index is 2.19. The van der Waals surface area contributed by atoms with Crippen LogP contribution in [-0.4, -0.2) is 48.7 Å². The van der Waals surface area contributed by atoms with E-state index in [-0.39, 0.29) is 31.1 Å². The van der Waals surface area contributed by atoms with Crippen LogP contribution < -0.4 is 10.6 Å². The van der Waals surface area contributed by atoms with Crippen molar-refractivity contribution in [1.29, 1.82) is 0 Å². The number of rotatable bonds is 13. The summed E-state index contributed by atoms with van der Waals surface area (Å²) in [7, 11) is 0. The van der Waals surface area contributed by atoms with Gasteiger partial charge < -0.3 is 20.1 Å². The number of thioether (sulfide) groups is 1. The SMILES string of the molecule is CC(C)OCC(=O)NCc1ccc(COCC(=O)NCCSC(C)C)cc1. The van der Waals surface area contributed by atoms with Crippen molar-refractivity contribution >= 4 is 23.6 Å². The predicted octanol–water partition coefficient (Wildman–Crippen LogP) is 2.50. The molecule has 0 atom stereocenters. The Morgan fingerprint density at radius 1 is 0.963 bits per heavy atom. The standard InChI is InChI=1S/C20H32N2O4S/c1-15(2)26-14-20(24)22-11-17-5-7-18(8-6-17)12-25-13-19(23)21-9-10-27-16(3)4/h5-8,15-16H,9-14H2,1-4H3,(H,21,23)(H,22,24). The summed E-state index contributed by atoms with van der Waals surface area (Å²) in [5.74, 6) is 0.682. The molecule has 0 aliphatic carbocycles. The van der Waals surface area contributed by atoms with Gasteiger partial charge in [0.15, 0.2) is 0 Å². The van der Waals surface area contributed by atoms with Crippen LogP contribution in [0.25, 0.3) is 0 Å². The van der Waals surface area contributed by atoms with E-state index in [0.717, 1.165) is 16.9 Å². The molecule has 0 unspecified atom stereocenters. The van der Waals surface area contributed by atoms with Gasteiger partial charge in [-0.3, -0.25) is 9.59 Å². The lowest BCUT2D eigenvalue weighted by molar-refractivity contribution is -0.127. The molecule has 1 aromatic carbocycles. The molecule has 0 aliphatic heterocycles. The van der Waals surface area contributed by atoms with Crippen LogP contribution in [0, 0.1) is 0 Å². The van der Waals surface area contributed by atoms with Gasteiger partial charge in [-0.15, -0.1) is 0 Å². The first-order valence-electron chi connectivity index (χ1n) is 9.29. The Kier molecular flexibility index (Phi) is 11.8. The summed E-state index contributed by atoms with van der Waals surface area (Å²) in [6, 6.07) is 7.74. The molecule has 2 amide bonds. The smallest absolute Gasteiger partial charge is 0.246 e. The predicted molar refractivity (Wildman–Crippen MR) is 110 cm³/mol. The van der Waals surface area contributed by atoms with Gasteiger partial charge in [0.25, 0.3) is 0 Å². The highest BCUT2D eigenvalue weighted by Crippen LogP contribution is 2.07. The average molecular weight is 397 g/mol. The molecule has 0 saturated carbocycles. The molecule has 0 spiro atoms. The zero-order valence-corrected chi connectivity index (χ0v) is 17.6. The van der Waals surface area contributed by atoms with Crippen molar-refractivity contribution in [2.45, 2.75) is 52.2 Å². The highest BCUT2D eigenvalue weighted by atomic mass is 32.2. The lowest BCUT2D eigenvalue weighted by Gasteiger charge is -2.09. The fourth-order valence-electron chi connectivity index (χ4n) is 2.05. The molecule has 0 fully saturated rings. The minimum atomic E-state index is -0.131. The third kappa shape index (κ3) is 12.4. The van der Waals surface area contributed by atoms with E-state index in [1.165, 1.54) is 0 Å². The summed E-state index contributed by atoms with van der Waals surface area (Å²) in [5, 5.41) is 6.23. The van der Waals surface area contributed by atoms with E-state index < -0.39 is 0 Å². The van der Waals surface area contributed by atoms with E-state index in [1.807, 2.05) is 49.9 Å². The van der Waals surface area contributed by atoms with E-state index >= 15 is 0 Å². The van der Waals surface area contributed by atoms with Crippen molar-refractivity contribution in [3.63, 3.8) is 0 Å². The Morgan fingerprint density at radius 2 is 1.59 bits per heavy atom. The van der Waals surface area contributed by atoms with E-state index in [2.05, 4.69) is 24.5 Å². The Morgan fingerprint density at radius 3 is 2.22 bits per heavy atom. The molecule has 6 nitrogen and oxygen atoms in total. The van der Waals surface area contributed by atoms with Crippen molar-refractivity contribution < 1.29 is 19.1 Å². The molecule has 0 heterocycles. The van der Waals surface area contributed by atoms with Crippen LogP contribution in [0.5, 0.6) is 0 Å². The van der Waals surface area contributed by atoms with Gasteiger partial charge in [0, 0.05) is 18.8 Å². The van der Waals surface area contributed by atoms with Crippen LogP contribution in [0.4, 0.5) is 0 Å². The normalized spacial score (nSPS) is 11.0. The fourth-order valence-corrected chi connectivity index (χ4v) is 2.74. The summed E-state index contributed by atoms with van der Waals surface area (Å²) in [5.41, 5.74) is 1.98. The number of nitrogens with one attached hydrogen (secondary N) is 2. The van der Waals surface area contributed by atoms with E-state index in [9.17, 15) is 9.59 Å². The van der Waals surface area contributed by atoms with Gasteiger partial charge in [-0.2, -0.15) is 11.8 Å². The van der Waals surface area contributed by atoms with Crippen molar-refractivity contribution in [3.8, 4) is 0 Å². The molecule has 1 aromatic rings. The van der Waals surface area contributed by atoms with Crippen LogP contribution >= 0.6 is 11.8 Å². The zero-order chi connectivity index (χ0) is 20.1. The number of amides is 2. The minimum absolute atomic E-state index is 0.0380. The van der Waals surface area contributed by atoms with Gasteiger partial charge >= 0.3 is 0 Å². The molecule has 0 radical (unpaired) electrons. The Hall–Kier alpha value is -1.57. The van der Waals surface area contributed by atoms with Gasteiger partial charge in [-0.1, -0.05) is 38.1 Å². The number of benzene rings is 1. The lowest BCUT2D eigenvalue weighted by atomic mass is 10.1. The largest absolute Gasteiger partial charge is 0.369 e. The van der Waals surface area contributed by atoms with E-state index in [1.54, 1.807) is 0 Å². The lowest BCUT2D eigenvalue weighted by Crippen LogP contribution is -2.29. The second-order valence-electron chi connectivity index (χ2n) is 6.72. The molecule has 1 rings (SSSR count). The summed E-state index contributed by atoms with van der Waals surface area (Å²) in [6.07, 6.45) is 0.0380. The van der Waals surface area contributed by atoms with Gasteiger partial charge in [-0.25, -0.2) is 0 Å². The number of hydrogen-bond donors (Lipinski definition) is 2. The number of carbonyl (C=O) groups is 2. The Labute approximate surface area is 166 Å². The molecule has 7 heteroatoms.